The molecule has 1 amide bonds. The Labute approximate surface area is 168 Å². The van der Waals surface area contributed by atoms with Gasteiger partial charge in [0.25, 0.3) is 5.56 Å². The third-order valence-corrected chi connectivity index (χ3v) is 4.48. The number of aryl methyl sites for hydroxylation is 1. The van der Waals surface area contributed by atoms with E-state index in [1.54, 1.807) is 24.3 Å². The molecule has 144 valence electrons. The van der Waals surface area contributed by atoms with Crippen molar-refractivity contribution < 1.29 is 13.6 Å². The van der Waals surface area contributed by atoms with Crippen molar-refractivity contribution in [3.8, 4) is 11.3 Å². The van der Waals surface area contributed by atoms with Gasteiger partial charge in [-0.15, -0.1) is 0 Å². The Kier molecular flexibility index (Phi) is 6.30. The number of carbonyl (C=O) groups excluding carboxylic acids is 1. The van der Waals surface area contributed by atoms with Crippen LogP contribution in [-0.4, -0.2) is 15.7 Å². The van der Waals surface area contributed by atoms with Gasteiger partial charge < -0.3 is 5.32 Å². The second-order valence-electron chi connectivity index (χ2n) is 6.06. The number of benzene rings is 2. The maximum absolute atomic E-state index is 13.8. The van der Waals surface area contributed by atoms with Crippen molar-refractivity contribution >= 4 is 27.5 Å². The summed E-state index contributed by atoms with van der Waals surface area (Å²) in [6.07, 6.45) is 0.453. The fourth-order valence-electron chi connectivity index (χ4n) is 2.58. The van der Waals surface area contributed by atoms with E-state index in [0.717, 1.165) is 0 Å². The second-order valence-corrected chi connectivity index (χ2v) is 6.98. The minimum Gasteiger partial charge on any atom is -0.324 e. The molecule has 0 aliphatic carbocycles. The summed E-state index contributed by atoms with van der Waals surface area (Å²) < 4.78 is 28.6. The monoisotopic (exact) mass is 447 g/mol. The Hall–Kier alpha value is -2.87. The van der Waals surface area contributed by atoms with Crippen LogP contribution in [-0.2, 0) is 11.3 Å². The summed E-state index contributed by atoms with van der Waals surface area (Å²) in [6.45, 7) is 0.226. The number of anilines is 1. The molecule has 0 spiro atoms. The fraction of sp³-hybridized carbons (Fsp3) is 0.150. The standard InChI is InChI=1S/C20H16BrF2N3O2/c21-14-5-8-18(16(23)12-14)24-19(27)2-1-11-26-20(28)10-9-17(25-26)13-3-6-15(22)7-4-13/h3-10,12H,1-2,11H2,(H,24,27). The van der Waals surface area contributed by atoms with Crippen molar-refractivity contribution in [2.75, 3.05) is 5.32 Å². The number of amides is 1. The van der Waals surface area contributed by atoms with E-state index in [4.69, 9.17) is 0 Å². The van der Waals surface area contributed by atoms with Gasteiger partial charge in [0.1, 0.15) is 11.6 Å². The first kappa shape index (κ1) is 19.9. The van der Waals surface area contributed by atoms with Gasteiger partial charge in [0, 0.05) is 29.1 Å². The lowest BCUT2D eigenvalue weighted by Crippen LogP contribution is -2.23. The average molecular weight is 448 g/mol. The van der Waals surface area contributed by atoms with Crippen LogP contribution in [0.4, 0.5) is 14.5 Å². The molecule has 3 rings (SSSR count). The molecule has 0 unspecified atom stereocenters. The molecule has 1 aromatic heterocycles. The van der Waals surface area contributed by atoms with E-state index in [-0.39, 0.29) is 35.9 Å². The minimum absolute atomic E-state index is 0.0989. The van der Waals surface area contributed by atoms with Crippen LogP contribution in [0.25, 0.3) is 11.3 Å². The van der Waals surface area contributed by atoms with E-state index in [2.05, 4.69) is 26.3 Å². The van der Waals surface area contributed by atoms with Crippen LogP contribution in [0.5, 0.6) is 0 Å². The highest BCUT2D eigenvalue weighted by Gasteiger charge is 2.09. The molecule has 0 radical (unpaired) electrons. The first-order valence-electron chi connectivity index (χ1n) is 8.51. The molecule has 0 aliphatic rings. The molecule has 0 fully saturated rings. The van der Waals surface area contributed by atoms with Crippen molar-refractivity contribution in [2.45, 2.75) is 19.4 Å². The molecule has 3 aromatic rings. The molecule has 5 nitrogen and oxygen atoms in total. The van der Waals surface area contributed by atoms with Gasteiger partial charge in [0.15, 0.2) is 0 Å². The number of halogens is 3. The van der Waals surface area contributed by atoms with E-state index >= 15 is 0 Å². The fourth-order valence-corrected chi connectivity index (χ4v) is 2.91. The van der Waals surface area contributed by atoms with E-state index in [9.17, 15) is 18.4 Å². The molecule has 1 N–H and O–H groups in total. The number of nitrogens with zero attached hydrogens (tertiary/aromatic N) is 2. The molecule has 0 saturated heterocycles. The van der Waals surface area contributed by atoms with Crippen LogP contribution in [0.15, 0.2) is 63.9 Å². The van der Waals surface area contributed by atoms with Gasteiger partial charge in [0.05, 0.1) is 11.4 Å². The zero-order valence-corrected chi connectivity index (χ0v) is 16.2. The van der Waals surface area contributed by atoms with Crippen LogP contribution < -0.4 is 10.9 Å². The van der Waals surface area contributed by atoms with Crippen LogP contribution in [0.2, 0.25) is 0 Å². The number of hydrogen-bond donors (Lipinski definition) is 1. The van der Waals surface area contributed by atoms with Crippen molar-refractivity contribution in [3.05, 3.63) is 81.1 Å². The summed E-state index contributed by atoms with van der Waals surface area (Å²) in [4.78, 5) is 24.0. The summed E-state index contributed by atoms with van der Waals surface area (Å²) in [5, 5.41) is 6.76. The van der Waals surface area contributed by atoms with Gasteiger partial charge in [-0.1, -0.05) is 15.9 Å². The summed E-state index contributed by atoms with van der Waals surface area (Å²) in [5.41, 5.74) is 1.01. The van der Waals surface area contributed by atoms with Gasteiger partial charge in [-0.3, -0.25) is 9.59 Å². The highest BCUT2D eigenvalue weighted by atomic mass is 79.9. The highest BCUT2D eigenvalue weighted by molar-refractivity contribution is 9.10. The lowest BCUT2D eigenvalue weighted by molar-refractivity contribution is -0.116. The van der Waals surface area contributed by atoms with E-state index < -0.39 is 5.82 Å². The van der Waals surface area contributed by atoms with E-state index in [0.29, 0.717) is 22.2 Å². The van der Waals surface area contributed by atoms with Gasteiger partial charge in [-0.2, -0.15) is 5.10 Å². The maximum Gasteiger partial charge on any atom is 0.266 e. The zero-order chi connectivity index (χ0) is 20.1. The van der Waals surface area contributed by atoms with Gasteiger partial charge >= 0.3 is 0 Å². The Bertz CT molecular complexity index is 1050. The van der Waals surface area contributed by atoms with Gasteiger partial charge in [-0.05, 0) is 55.0 Å². The molecule has 0 aliphatic heterocycles. The van der Waals surface area contributed by atoms with Crippen molar-refractivity contribution in [3.63, 3.8) is 0 Å². The quantitative estimate of drug-likeness (QED) is 0.609. The highest BCUT2D eigenvalue weighted by Crippen LogP contribution is 2.19. The van der Waals surface area contributed by atoms with Crippen LogP contribution in [0, 0.1) is 11.6 Å². The number of nitrogens with one attached hydrogen (secondary N) is 1. The number of carbonyl (C=O) groups is 1. The molecule has 0 saturated carbocycles. The molecule has 28 heavy (non-hydrogen) atoms. The number of rotatable bonds is 6. The van der Waals surface area contributed by atoms with Crippen molar-refractivity contribution in [2.24, 2.45) is 0 Å². The predicted octanol–water partition coefficient (Wildman–Crippen LogP) is 4.37. The molecule has 0 bridgehead atoms. The largest absolute Gasteiger partial charge is 0.324 e. The summed E-state index contributed by atoms with van der Waals surface area (Å²) in [5.74, 6) is -1.25. The van der Waals surface area contributed by atoms with E-state index in [1.807, 2.05) is 0 Å². The van der Waals surface area contributed by atoms with Crippen LogP contribution in [0.3, 0.4) is 0 Å². The number of aromatic nitrogens is 2. The molecule has 0 atom stereocenters. The van der Waals surface area contributed by atoms with Crippen LogP contribution >= 0.6 is 15.9 Å². The SMILES string of the molecule is O=C(CCCn1nc(-c2ccc(F)cc2)ccc1=O)Nc1ccc(Br)cc1F. The topological polar surface area (TPSA) is 64.0 Å². The first-order chi connectivity index (χ1) is 13.4. The third-order valence-electron chi connectivity index (χ3n) is 3.99. The Morgan fingerprint density at radius 2 is 1.82 bits per heavy atom. The normalized spacial score (nSPS) is 10.7. The lowest BCUT2D eigenvalue weighted by atomic mass is 10.1. The zero-order valence-electron chi connectivity index (χ0n) is 14.7. The Balaban J connectivity index is 1.61. The number of hydrogen-bond acceptors (Lipinski definition) is 3. The molecular formula is C20H16BrF2N3O2. The van der Waals surface area contributed by atoms with Crippen molar-refractivity contribution in [1.82, 2.24) is 9.78 Å². The van der Waals surface area contributed by atoms with Crippen LogP contribution in [0.1, 0.15) is 12.8 Å². The molecule has 8 heteroatoms. The summed E-state index contributed by atoms with van der Waals surface area (Å²) in [6, 6.07) is 13.1. The predicted molar refractivity (Wildman–Crippen MR) is 106 cm³/mol. The molecule has 1 heterocycles. The van der Waals surface area contributed by atoms with Gasteiger partial charge in [0.2, 0.25) is 5.91 Å². The van der Waals surface area contributed by atoms with Crippen molar-refractivity contribution in [1.29, 1.82) is 0 Å². The second kappa shape index (κ2) is 8.88. The minimum atomic E-state index is -0.535. The Morgan fingerprint density at radius 1 is 1.07 bits per heavy atom. The average Bonchev–Trinajstić information content (AvgIpc) is 2.66. The lowest BCUT2D eigenvalue weighted by Gasteiger charge is -2.09. The first-order valence-corrected chi connectivity index (χ1v) is 9.31. The third kappa shape index (κ3) is 5.10. The molecule has 2 aromatic carbocycles. The molecular weight excluding hydrogens is 432 g/mol. The maximum atomic E-state index is 13.8. The van der Waals surface area contributed by atoms with E-state index in [1.165, 1.54) is 35.0 Å². The van der Waals surface area contributed by atoms with Gasteiger partial charge in [-0.25, -0.2) is 13.5 Å². The smallest absolute Gasteiger partial charge is 0.266 e. The summed E-state index contributed by atoms with van der Waals surface area (Å²) >= 11 is 3.15. The summed E-state index contributed by atoms with van der Waals surface area (Å²) in [7, 11) is 0. The Morgan fingerprint density at radius 3 is 2.54 bits per heavy atom.